The van der Waals surface area contributed by atoms with E-state index in [1.165, 1.54) is 11.8 Å². The summed E-state index contributed by atoms with van der Waals surface area (Å²) < 4.78 is 6.99. The number of amides is 2. The van der Waals surface area contributed by atoms with Crippen LogP contribution >= 0.6 is 11.8 Å². The van der Waals surface area contributed by atoms with Crippen LogP contribution in [-0.4, -0.2) is 39.4 Å². The average molecular weight is 480 g/mol. The Bertz CT molecular complexity index is 1150. The van der Waals surface area contributed by atoms with Crippen LogP contribution in [0.15, 0.2) is 60.3 Å². The van der Waals surface area contributed by atoms with E-state index in [9.17, 15) is 9.59 Å². The first-order chi connectivity index (χ1) is 16.3. The van der Waals surface area contributed by atoms with E-state index in [0.29, 0.717) is 28.8 Å². The minimum Gasteiger partial charge on any atom is -0.497 e. The molecule has 9 heteroatoms. The van der Waals surface area contributed by atoms with Crippen molar-refractivity contribution in [2.24, 2.45) is 0 Å². The number of rotatable bonds is 10. The SMILES string of the molecule is C=CCn1c(SCC(=O)Nc2c(C)cccc2C)nnc1C(C)NC(=O)c1ccc(OC)cc1. The molecule has 34 heavy (non-hydrogen) atoms. The first-order valence-electron chi connectivity index (χ1n) is 10.8. The molecule has 1 heterocycles. The fourth-order valence-electron chi connectivity index (χ4n) is 3.43. The van der Waals surface area contributed by atoms with Gasteiger partial charge < -0.3 is 19.9 Å². The first-order valence-corrected chi connectivity index (χ1v) is 11.8. The van der Waals surface area contributed by atoms with Gasteiger partial charge in [0, 0.05) is 17.8 Å². The summed E-state index contributed by atoms with van der Waals surface area (Å²) in [6, 6.07) is 12.4. The maximum absolute atomic E-state index is 12.7. The molecule has 1 unspecified atom stereocenters. The Morgan fingerprint density at radius 3 is 2.44 bits per heavy atom. The van der Waals surface area contributed by atoms with Gasteiger partial charge in [-0.05, 0) is 56.2 Å². The molecule has 2 amide bonds. The van der Waals surface area contributed by atoms with Crippen molar-refractivity contribution in [2.45, 2.75) is 38.5 Å². The van der Waals surface area contributed by atoms with Gasteiger partial charge in [-0.15, -0.1) is 16.8 Å². The van der Waals surface area contributed by atoms with Crippen LogP contribution in [0.2, 0.25) is 0 Å². The van der Waals surface area contributed by atoms with Gasteiger partial charge in [0.2, 0.25) is 5.91 Å². The number of ether oxygens (including phenoxy) is 1. The van der Waals surface area contributed by atoms with E-state index in [0.717, 1.165) is 16.8 Å². The zero-order chi connectivity index (χ0) is 24.7. The summed E-state index contributed by atoms with van der Waals surface area (Å²) in [5.41, 5.74) is 3.37. The maximum atomic E-state index is 12.7. The molecule has 3 aromatic rings. The Balaban J connectivity index is 1.67. The molecule has 2 N–H and O–H groups in total. The lowest BCUT2D eigenvalue weighted by Crippen LogP contribution is -2.28. The van der Waals surface area contributed by atoms with Gasteiger partial charge in [0.25, 0.3) is 5.91 Å². The number of aryl methyl sites for hydroxylation is 2. The smallest absolute Gasteiger partial charge is 0.251 e. The van der Waals surface area contributed by atoms with Crippen LogP contribution in [0.5, 0.6) is 5.75 Å². The lowest BCUT2D eigenvalue weighted by molar-refractivity contribution is -0.113. The molecule has 178 valence electrons. The van der Waals surface area contributed by atoms with Crippen molar-refractivity contribution in [1.82, 2.24) is 20.1 Å². The van der Waals surface area contributed by atoms with E-state index in [-0.39, 0.29) is 17.6 Å². The molecule has 0 aliphatic rings. The molecular weight excluding hydrogens is 450 g/mol. The molecule has 0 saturated carbocycles. The fourth-order valence-corrected chi connectivity index (χ4v) is 4.19. The molecule has 0 radical (unpaired) electrons. The number of hydrogen-bond acceptors (Lipinski definition) is 6. The number of carbonyl (C=O) groups excluding carboxylic acids is 2. The highest BCUT2D eigenvalue weighted by atomic mass is 32.2. The molecule has 1 aromatic heterocycles. The van der Waals surface area contributed by atoms with Crippen molar-refractivity contribution in [3.05, 3.63) is 77.6 Å². The lowest BCUT2D eigenvalue weighted by atomic mass is 10.1. The molecule has 2 aromatic carbocycles. The number of nitrogens with one attached hydrogen (secondary N) is 2. The molecule has 3 rings (SSSR count). The van der Waals surface area contributed by atoms with E-state index in [1.54, 1.807) is 37.5 Å². The standard InChI is InChI=1S/C25H29N5O3S/c1-6-14-30-23(18(4)26-24(32)19-10-12-20(33-5)13-11-19)28-29-25(30)34-15-21(31)27-22-16(2)8-7-9-17(22)3/h6-13,18H,1,14-15H2,2-5H3,(H,26,32)(H,27,31). The van der Waals surface area contributed by atoms with Gasteiger partial charge in [0.1, 0.15) is 5.75 Å². The van der Waals surface area contributed by atoms with Crippen LogP contribution < -0.4 is 15.4 Å². The largest absolute Gasteiger partial charge is 0.497 e. The van der Waals surface area contributed by atoms with Gasteiger partial charge in [-0.3, -0.25) is 9.59 Å². The quantitative estimate of drug-likeness (QED) is 0.332. The second-order valence-corrected chi connectivity index (χ2v) is 8.71. The number of methoxy groups -OCH3 is 1. The fraction of sp³-hybridized carbons (Fsp3) is 0.280. The van der Waals surface area contributed by atoms with E-state index in [4.69, 9.17) is 4.74 Å². The van der Waals surface area contributed by atoms with E-state index >= 15 is 0 Å². The second-order valence-electron chi connectivity index (χ2n) is 7.77. The minimum absolute atomic E-state index is 0.127. The van der Waals surface area contributed by atoms with Crippen molar-refractivity contribution in [3.8, 4) is 5.75 Å². The molecule has 0 bridgehead atoms. The highest BCUT2D eigenvalue weighted by Gasteiger charge is 2.20. The Morgan fingerprint density at radius 1 is 1.15 bits per heavy atom. The molecule has 0 saturated heterocycles. The highest BCUT2D eigenvalue weighted by molar-refractivity contribution is 7.99. The Hall–Kier alpha value is -3.59. The van der Waals surface area contributed by atoms with Crippen LogP contribution in [-0.2, 0) is 11.3 Å². The van der Waals surface area contributed by atoms with Gasteiger partial charge in [-0.1, -0.05) is 36.0 Å². The third-order valence-electron chi connectivity index (χ3n) is 5.22. The predicted molar refractivity (Wildman–Crippen MR) is 134 cm³/mol. The molecule has 0 fully saturated rings. The lowest BCUT2D eigenvalue weighted by Gasteiger charge is -2.15. The van der Waals surface area contributed by atoms with Crippen molar-refractivity contribution in [3.63, 3.8) is 0 Å². The highest BCUT2D eigenvalue weighted by Crippen LogP contribution is 2.23. The summed E-state index contributed by atoms with van der Waals surface area (Å²) in [6.45, 7) is 10.0. The predicted octanol–water partition coefficient (Wildman–Crippen LogP) is 4.31. The third-order valence-corrected chi connectivity index (χ3v) is 6.19. The third kappa shape index (κ3) is 6.05. The molecule has 8 nitrogen and oxygen atoms in total. The minimum atomic E-state index is -0.403. The maximum Gasteiger partial charge on any atom is 0.251 e. The summed E-state index contributed by atoms with van der Waals surface area (Å²) in [6.07, 6.45) is 1.73. The average Bonchev–Trinajstić information content (AvgIpc) is 3.23. The normalized spacial score (nSPS) is 11.5. The number of hydrogen-bond donors (Lipinski definition) is 2. The zero-order valence-electron chi connectivity index (χ0n) is 19.8. The van der Waals surface area contributed by atoms with Gasteiger partial charge in [0.05, 0.1) is 18.9 Å². The zero-order valence-corrected chi connectivity index (χ0v) is 20.6. The van der Waals surface area contributed by atoms with Crippen LogP contribution in [0, 0.1) is 13.8 Å². The van der Waals surface area contributed by atoms with Crippen molar-refractivity contribution >= 4 is 29.3 Å². The van der Waals surface area contributed by atoms with E-state index in [1.807, 2.05) is 43.5 Å². The van der Waals surface area contributed by atoms with Crippen LogP contribution in [0.3, 0.4) is 0 Å². The summed E-state index contributed by atoms with van der Waals surface area (Å²) in [5, 5.41) is 15.0. The van der Waals surface area contributed by atoms with Crippen molar-refractivity contribution < 1.29 is 14.3 Å². The molecule has 0 spiro atoms. The topological polar surface area (TPSA) is 98.1 Å². The number of allylic oxidation sites excluding steroid dienone is 1. The summed E-state index contributed by atoms with van der Waals surface area (Å²) in [5.74, 6) is 1.08. The number of carbonyl (C=O) groups is 2. The number of anilines is 1. The second kappa shape index (κ2) is 11.5. The van der Waals surface area contributed by atoms with Gasteiger partial charge in [-0.2, -0.15) is 0 Å². The Kier molecular flexibility index (Phi) is 8.48. The molecule has 0 aliphatic heterocycles. The number of nitrogens with zero attached hydrogens (tertiary/aromatic N) is 3. The number of para-hydroxylation sites is 1. The number of aromatic nitrogens is 3. The Labute approximate surface area is 203 Å². The monoisotopic (exact) mass is 479 g/mol. The van der Waals surface area contributed by atoms with Crippen LogP contribution in [0.25, 0.3) is 0 Å². The molecular formula is C25H29N5O3S. The molecule has 0 aliphatic carbocycles. The summed E-state index contributed by atoms with van der Waals surface area (Å²) in [4.78, 5) is 25.2. The first kappa shape index (κ1) is 25.0. The summed E-state index contributed by atoms with van der Waals surface area (Å²) >= 11 is 1.29. The van der Waals surface area contributed by atoms with Gasteiger partial charge in [0.15, 0.2) is 11.0 Å². The molecule has 1 atom stereocenters. The van der Waals surface area contributed by atoms with Crippen molar-refractivity contribution in [1.29, 1.82) is 0 Å². The van der Waals surface area contributed by atoms with Crippen molar-refractivity contribution in [2.75, 3.05) is 18.2 Å². The van der Waals surface area contributed by atoms with Gasteiger partial charge in [-0.25, -0.2) is 0 Å². The van der Waals surface area contributed by atoms with Crippen LogP contribution in [0.4, 0.5) is 5.69 Å². The summed E-state index contributed by atoms with van der Waals surface area (Å²) in [7, 11) is 1.58. The van der Waals surface area contributed by atoms with Gasteiger partial charge >= 0.3 is 0 Å². The number of thioether (sulfide) groups is 1. The Morgan fingerprint density at radius 2 is 1.82 bits per heavy atom. The van der Waals surface area contributed by atoms with Crippen LogP contribution in [0.1, 0.15) is 40.3 Å². The van der Waals surface area contributed by atoms with E-state index < -0.39 is 6.04 Å². The number of benzene rings is 2. The van der Waals surface area contributed by atoms with E-state index in [2.05, 4.69) is 27.4 Å².